The van der Waals surface area contributed by atoms with Crippen LogP contribution in [0.2, 0.25) is 5.15 Å². The van der Waals surface area contributed by atoms with Gasteiger partial charge in [0.25, 0.3) is 0 Å². The van der Waals surface area contributed by atoms with E-state index in [1.807, 2.05) is 6.07 Å². The Labute approximate surface area is 94.5 Å². The number of aromatic nitrogens is 2. The molecule has 1 saturated heterocycles. The van der Waals surface area contributed by atoms with E-state index in [4.69, 9.17) is 16.3 Å². The third kappa shape index (κ3) is 1.35. The van der Waals surface area contributed by atoms with Gasteiger partial charge in [-0.3, -0.25) is 0 Å². The predicted molar refractivity (Wildman–Crippen MR) is 57.1 cm³/mol. The van der Waals surface area contributed by atoms with Gasteiger partial charge in [-0.1, -0.05) is 11.6 Å². The Balaban J connectivity index is 2.18. The van der Waals surface area contributed by atoms with Gasteiger partial charge >= 0.3 is 0 Å². The Morgan fingerprint density at radius 2 is 2.27 bits per heavy atom. The minimum Gasteiger partial charge on any atom is -0.379 e. The summed E-state index contributed by atoms with van der Waals surface area (Å²) in [5.74, 6) is 0. The normalized spacial score (nSPS) is 19.1. The number of ether oxygens (including phenoxy) is 1. The first-order chi connectivity index (χ1) is 7.19. The van der Waals surface area contributed by atoms with E-state index in [0.717, 1.165) is 15.1 Å². The van der Waals surface area contributed by atoms with Crippen molar-refractivity contribution >= 4 is 33.2 Å². The molecule has 0 saturated carbocycles. The molecule has 1 fully saturated rings. The number of fused-ring (bicyclic) bond motifs is 1. The number of hydrogen-bond acceptors (Lipinski definition) is 5. The molecular weight excluding hydrogens is 236 g/mol. The summed E-state index contributed by atoms with van der Waals surface area (Å²) in [7, 11) is 0. The van der Waals surface area contributed by atoms with Crippen LogP contribution in [0, 0.1) is 0 Å². The topological polar surface area (TPSA) is 55.2 Å². The number of aliphatic hydroxyl groups is 1. The zero-order chi connectivity index (χ0) is 10.5. The van der Waals surface area contributed by atoms with Crippen LogP contribution >= 0.6 is 22.9 Å². The smallest absolute Gasteiger partial charge is 0.145 e. The highest BCUT2D eigenvalue weighted by Crippen LogP contribution is 2.38. The summed E-state index contributed by atoms with van der Waals surface area (Å²) in [6.45, 7) is 0.676. The van der Waals surface area contributed by atoms with E-state index in [9.17, 15) is 5.11 Å². The fourth-order valence-corrected chi connectivity index (χ4v) is 2.80. The molecule has 0 spiro atoms. The fraction of sp³-hybridized carbons (Fsp3) is 0.333. The van der Waals surface area contributed by atoms with Gasteiger partial charge < -0.3 is 9.84 Å². The van der Waals surface area contributed by atoms with Crippen molar-refractivity contribution in [3.63, 3.8) is 0 Å². The van der Waals surface area contributed by atoms with Crippen LogP contribution in [-0.2, 0) is 10.3 Å². The van der Waals surface area contributed by atoms with Crippen LogP contribution in [-0.4, -0.2) is 28.3 Å². The number of halogens is 1. The van der Waals surface area contributed by atoms with Gasteiger partial charge in [-0.2, -0.15) is 0 Å². The van der Waals surface area contributed by atoms with Crippen LogP contribution in [0.3, 0.4) is 0 Å². The molecule has 3 heterocycles. The molecular formula is C9H7ClN2O2S. The van der Waals surface area contributed by atoms with Gasteiger partial charge in [-0.05, 0) is 6.07 Å². The maximum Gasteiger partial charge on any atom is 0.145 e. The molecule has 0 aromatic carbocycles. The van der Waals surface area contributed by atoms with E-state index in [1.54, 1.807) is 0 Å². The Morgan fingerprint density at radius 1 is 1.47 bits per heavy atom. The lowest BCUT2D eigenvalue weighted by Gasteiger charge is -2.35. The molecule has 1 aliphatic rings. The molecule has 15 heavy (non-hydrogen) atoms. The average Bonchev–Trinajstić information content (AvgIpc) is 2.59. The van der Waals surface area contributed by atoms with Crippen LogP contribution < -0.4 is 0 Å². The third-order valence-electron chi connectivity index (χ3n) is 2.42. The summed E-state index contributed by atoms with van der Waals surface area (Å²) in [6.07, 6.45) is 1.42. The largest absolute Gasteiger partial charge is 0.379 e. The first-order valence-corrected chi connectivity index (χ1v) is 5.59. The zero-order valence-corrected chi connectivity index (χ0v) is 9.18. The number of nitrogens with zero attached hydrogens (tertiary/aromatic N) is 2. The lowest BCUT2D eigenvalue weighted by Crippen LogP contribution is -2.45. The van der Waals surface area contributed by atoms with E-state index in [2.05, 4.69) is 9.97 Å². The maximum absolute atomic E-state index is 10.1. The van der Waals surface area contributed by atoms with Crippen molar-refractivity contribution in [2.75, 3.05) is 13.2 Å². The van der Waals surface area contributed by atoms with Crippen molar-refractivity contribution in [2.45, 2.75) is 5.60 Å². The van der Waals surface area contributed by atoms with Gasteiger partial charge in [0, 0.05) is 10.3 Å². The molecule has 0 bridgehead atoms. The molecule has 1 N–H and O–H groups in total. The first-order valence-electron chi connectivity index (χ1n) is 4.40. The van der Waals surface area contributed by atoms with E-state index in [1.165, 1.54) is 17.7 Å². The van der Waals surface area contributed by atoms with Crippen LogP contribution in [0.15, 0.2) is 12.4 Å². The highest BCUT2D eigenvalue weighted by molar-refractivity contribution is 7.18. The van der Waals surface area contributed by atoms with E-state index in [-0.39, 0.29) is 0 Å². The highest BCUT2D eigenvalue weighted by Gasteiger charge is 2.39. The second-order valence-electron chi connectivity index (χ2n) is 3.52. The first kappa shape index (κ1) is 9.47. The summed E-state index contributed by atoms with van der Waals surface area (Å²) >= 11 is 7.35. The quantitative estimate of drug-likeness (QED) is 0.772. The van der Waals surface area contributed by atoms with Crippen molar-refractivity contribution in [1.29, 1.82) is 0 Å². The predicted octanol–water partition coefficient (Wildman–Crippen LogP) is 1.56. The van der Waals surface area contributed by atoms with Gasteiger partial charge in [0.2, 0.25) is 0 Å². The Bertz CT molecular complexity index is 524. The third-order valence-corrected chi connectivity index (χ3v) is 3.96. The number of thiophene rings is 1. The van der Waals surface area contributed by atoms with Crippen molar-refractivity contribution in [3.8, 4) is 0 Å². The fourth-order valence-electron chi connectivity index (χ4n) is 1.49. The van der Waals surface area contributed by atoms with Crippen molar-refractivity contribution in [3.05, 3.63) is 22.4 Å². The SMILES string of the molecule is OC1(c2cc3c(Cl)ncnc3s2)COC1. The van der Waals surface area contributed by atoms with Gasteiger partial charge in [0.1, 0.15) is 21.9 Å². The van der Waals surface area contributed by atoms with Gasteiger partial charge in [0.15, 0.2) is 0 Å². The summed E-state index contributed by atoms with van der Waals surface area (Å²) in [4.78, 5) is 9.64. The minimum absolute atomic E-state index is 0.338. The molecule has 0 radical (unpaired) electrons. The zero-order valence-electron chi connectivity index (χ0n) is 7.61. The molecule has 0 atom stereocenters. The monoisotopic (exact) mass is 242 g/mol. The molecule has 0 aliphatic carbocycles. The Kier molecular flexibility index (Phi) is 1.97. The van der Waals surface area contributed by atoms with E-state index >= 15 is 0 Å². The van der Waals surface area contributed by atoms with Crippen LogP contribution in [0.25, 0.3) is 10.2 Å². The summed E-state index contributed by atoms with van der Waals surface area (Å²) in [6, 6.07) is 1.84. The van der Waals surface area contributed by atoms with E-state index < -0.39 is 5.60 Å². The second-order valence-corrected chi connectivity index (χ2v) is 4.91. The summed E-state index contributed by atoms with van der Waals surface area (Å²) < 4.78 is 5.01. The summed E-state index contributed by atoms with van der Waals surface area (Å²) in [5, 5.41) is 11.3. The Hall–Kier alpha value is -0.750. The molecule has 2 aromatic heterocycles. The standard InChI is InChI=1S/C9H7ClN2O2S/c10-7-5-1-6(9(13)2-14-3-9)15-8(5)12-4-11-7/h1,4,13H,2-3H2. The van der Waals surface area contributed by atoms with Crippen molar-refractivity contribution in [2.24, 2.45) is 0 Å². The molecule has 1 aliphatic heterocycles. The summed E-state index contributed by atoms with van der Waals surface area (Å²) in [5.41, 5.74) is -0.852. The van der Waals surface area contributed by atoms with Crippen LogP contribution in [0.4, 0.5) is 0 Å². The maximum atomic E-state index is 10.1. The van der Waals surface area contributed by atoms with Gasteiger partial charge in [-0.25, -0.2) is 9.97 Å². The van der Waals surface area contributed by atoms with Crippen LogP contribution in [0.5, 0.6) is 0 Å². The number of rotatable bonds is 1. The molecule has 78 valence electrons. The second kappa shape index (κ2) is 3.12. The molecule has 2 aromatic rings. The molecule has 3 rings (SSSR count). The lowest BCUT2D eigenvalue weighted by atomic mass is 10.0. The van der Waals surface area contributed by atoms with E-state index in [0.29, 0.717) is 18.4 Å². The lowest BCUT2D eigenvalue weighted by molar-refractivity contribution is -0.182. The molecule has 0 unspecified atom stereocenters. The van der Waals surface area contributed by atoms with Crippen molar-refractivity contribution in [1.82, 2.24) is 9.97 Å². The number of hydrogen-bond donors (Lipinski definition) is 1. The average molecular weight is 243 g/mol. The Morgan fingerprint density at radius 3 is 2.87 bits per heavy atom. The molecule has 0 amide bonds. The highest BCUT2D eigenvalue weighted by atomic mass is 35.5. The minimum atomic E-state index is -0.852. The molecule has 6 heteroatoms. The van der Waals surface area contributed by atoms with Crippen LogP contribution in [0.1, 0.15) is 4.88 Å². The van der Waals surface area contributed by atoms with Gasteiger partial charge in [-0.15, -0.1) is 11.3 Å². The molecule has 4 nitrogen and oxygen atoms in total. The van der Waals surface area contributed by atoms with Gasteiger partial charge in [0.05, 0.1) is 13.2 Å². The van der Waals surface area contributed by atoms with Crippen molar-refractivity contribution < 1.29 is 9.84 Å².